The molecule has 0 bridgehead atoms. The zero-order chi connectivity index (χ0) is 82.5. The number of aliphatic hydroxyl groups is 25. The lowest BCUT2D eigenvalue weighted by Crippen LogP contribution is -2.70. The molecular formula is C62H104N4O46. The summed E-state index contributed by atoms with van der Waals surface area (Å²) in [4.78, 5) is 50.2. The zero-order valence-corrected chi connectivity index (χ0v) is 60.1. The van der Waals surface area contributed by atoms with Crippen molar-refractivity contribution in [3.05, 3.63) is 0 Å². The van der Waals surface area contributed by atoms with Crippen LogP contribution in [0.25, 0.3) is 0 Å². The van der Waals surface area contributed by atoms with Crippen LogP contribution in [-0.2, 0) is 99.7 Å². The third-order valence-electron chi connectivity index (χ3n) is 20.3. The summed E-state index contributed by atoms with van der Waals surface area (Å²) in [5.41, 5.74) is 0. The van der Waals surface area contributed by atoms with E-state index >= 15 is 0 Å². The zero-order valence-electron chi connectivity index (χ0n) is 60.1. The molecule has 112 heavy (non-hydrogen) atoms. The van der Waals surface area contributed by atoms with Gasteiger partial charge in [0.1, 0.15) is 219 Å². The van der Waals surface area contributed by atoms with Crippen LogP contribution >= 0.6 is 0 Å². The molecule has 648 valence electrons. The van der Waals surface area contributed by atoms with Crippen molar-refractivity contribution in [3.8, 4) is 0 Å². The van der Waals surface area contributed by atoms with Crippen molar-refractivity contribution in [1.82, 2.24) is 21.3 Å². The van der Waals surface area contributed by atoms with Crippen molar-refractivity contribution < 1.29 is 227 Å². The Morgan fingerprint density at radius 2 is 0.473 bits per heavy atom. The fourth-order valence-corrected chi connectivity index (χ4v) is 14.4. The lowest BCUT2D eigenvalue weighted by atomic mass is 9.93. The minimum Gasteiger partial charge on any atom is -0.394 e. The fraction of sp³-hybridized carbons (Fsp3) is 0.935. The molecule has 1 unspecified atom stereocenters. The SMILES string of the molecule is CC(=O)N[C@H]1[C@H](O[C@H]2[C@H](O)[C@@H](NC(C)=O)C(O)O[C@@H]2CO)O[C@H](CO)[C@@H](O[C@@H]2O[C@H](CO[C@H]3O[C@H](CO[C@@H]4O[C@H](CO)[C@@H](O[C@@H]5O[C@H](CO)[C@H](O)[C@H](O)[C@H]5O)[C@H](O)[C@H]4NC(C)=O)[C@@H](O)[C@H](O)[C@@H]3O)[C@@H](O)[C@H](O[C@H]3O[C@H](CO)[C@@H](O[C@@H]4O[C@H](CO)[C@@H](O[C@@H]5O[C@H](CO)[C@H](O)[C@H](O)[C@H]5O)[C@H](O)[C@H]4NC(C)=O)[C@H](O)[C@@H]3O)[C@@H]2O)[C@@H]1O. The van der Waals surface area contributed by atoms with Gasteiger partial charge < -0.3 is 229 Å². The third kappa shape index (κ3) is 20.4. The first-order valence-electron chi connectivity index (χ1n) is 35.6. The van der Waals surface area contributed by atoms with E-state index in [9.17, 15) is 147 Å². The van der Waals surface area contributed by atoms with Gasteiger partial charge in [-0.3, -0.25) is 19.2 Å². The van der Waals surface area contributed by atoms with Crippen LogP contribution in [0.2, 0.25) is 0 Å². The number of carbonyl (C=O) groups excluding carboxylic acids is 4. The topological polar surface area (TPSA) is 779 Å². The molecule has 50 heteroatoms. The molecule has 9 aliphatic heterocycles. The molecule has 0 aromatic heterocycles. The van der Waals surface area contributed by atoms with Gasteiger partial charge in [0.25, 0.3) is 0 Å². The van der Waals surface area contributed by atoms with Crippen molar-refractivity contribution in [2.45, 2.75) is 304 Å². The van der Waals surface area contributed by atoms with Crippen LogP contribution in [0.3, 0.4) is 0 Å². The van der Waals surface area contributed by atoms with Crippen LogP contribution in [0.15, 0.2) is 0 Å². The predicted octanol–water partition coefficient (Wildman–Crippen LogP) is -20.1. The van der Waals surface area contributed by atoms with Gasteiger partial charge in [0, 0.05) is 27.7 Å². The molecule has 0 spiro atoms. The maximum atomic E-state index is 12.9. The Kier molecular flexibility index (Phi) is 33.1. The van der Waals surface area contributed by atoms with Crippen LogP contribution in [0, 0.1) is 0 Å². The maximum absolute atomic E-state index is 12.9. The van der Waals surface area contributed by atoms with Gasteiger partial charge in [0.05, 0.1) is 59.5 Å². The average Bonchev–Trinajstić information content (AvgIpc) is 0.766. The Morgan fingerprint density at radius 1 is 0.232 bits per heavy atom. The maximum Gasteiger partial charge on any atom is 0.217 e. The standard InChI is InChI=1S/C62H104N4O46/c1-14(74)63-27-35(82)48(20(7-69)98-54(27)95)107-56-29(65-16(3)76)38(85)51(23(10-72)102-56)111-62-47(94)53(112-61-46(93)42(89)52(24(11-73)104-61)108-57-30(66-17(4)77)37(84)50(22(9-71)103-57)110-60-45(92)40(87)32(79)19(6-68)100-60)34(81)26(106-62)13-97-58-43(90)41(88)33(80)25(105-58)12-96-55-28(64-15(2)75)36(83)49(21(8-70)101-55)109-59-44(91)39(86)31(78)18(5-67)99-59/h18-62,67-73,78-95H,5-13H2,1-4H3,(H,63,74)(H,64,75)(H,65,76)(H,66,77)/t18-,19-,20-,21-,22-,23-,24-,25-,26-,27-,28-,29-,30-,31+,32+,33-,34-,35-,36-,37-,38-,39+,40+,41+,42-,43+,44-,45-,46+,47+,48-,49-,50-,51-,52-,53+,54?,55-,56+,57+,58+,59+,60+,61-,62+/m1/s1. The minimum absolute atomic E-state index is 0.775. The van der Waals surface area contributed by atoms with Gasteiger partial charge in [0.2, 0.25) is 23.6 Å². The van der Waals surface area contributed by atoms with Gasteiger partial charge in [0.15, 0.2) is 56.6 Å². The van der Waals surface area contributed by atoms with E-state index in [-0.39, 0.29) is 0 Å². The summed E-state index contributed by atoms with van der Waals surface area (Å²) in [6.07, 6.45) is -82.5. The largest absolute Gasteiger partial charge is 0.394 e. The molecule has 0 aromatic rings. The molecule has 4 amide bonds. The molecule has 29 N–H and O–H groups in total. The van der Waals surface area contributed by atoms with Crippen molar-refractivity contribution in [3.63, 3.8) is 0 Å². The Balaban J connectivity index is 0.961. The van der Waals surface area contributed by atoms with E-state index in [0.29, 0.717) is 0 Å². The third-order valence-corrected chi connectivity index (χ3v) is 20.3. The molecule has 45 atom stereocenters. The molecular weight excluding hydrogens is 1540 g/mol. The van der Waals surface area contributed by atoms with E-state index in [4.69, 9.17) is 80.5 Å². The van der Waals surface area contributed by atoms with Gasteiger partial charge in [-0.25, -0.2) is 0 Å². The second kappa shape index (κ2) is 40.3. The minimum atomic E-state index is -2.49. The molecule has 9 heterocycles. The molecule has 9 aliphatic rings. The lowest BCUT2D eigenvalue weighted by Gasteiger charge is -2.51. The summed E-state index contributed by atoms with van der Waals surface area (Å²) in [6.45, 7) is -5.35. The van der Waals surface area contributed by atoms with E-state index in [1.165, 1.54) is 0 Å². The van der Waals surface area contributed by atoms with E-state index < -0.39 is 359 Å². The van der Waals surface area contributed by atoms with Crippen LogP contribution in [-0.4, -0.2) is 487 Å². The monoisotopic (exact) mass is 1640 g/mol. The highest BCUT2D eigenvalue weighted by Gasteiger charge is 2.60. The first kappa shape index (κ1) is 92.1. The molecule has 0 saturated carbocycles. The number of ether oxygens (including phenoxy) is 17. The second-order valence-corrected chi connectivity index (χ2v) is 28.2. The number of hydrogen-bond acceptors (Lipinski definition) is 46. The second-order valence-electron chi connectivity index (χ2n) is 28.2. The Labute approximate surface area is 634 Å². The number of amides is 4. The number of hydrogen-bond donors (Lipinski definition) is 29. The summed E-state index contributed by atoms with van der Waals surface area (Å²) < 4.78 is 99.0. The highest BCUT2D eigenvalue weighted by molar-refractivity contribution is 5.74. The predicted molar refractivity (Wildman–Crippen MR) is 343 cm³/mol. The van der Waals surface area contributed by atoms with Gasteiger partial charge in [-0.15, -0.1) is 0 Å². The Morgan fingerprint density at radius 3 is 0.857 bits per heavy atom. The molecule has 0 aliphatic carbocycles. The summed E-state index contributed by atoms with van der Waals surface area (Å²) in [6, 6.07) is -7.03. The highest BCUT2D eigenvalue weighted by Crippen LogP contribution is 2.39. The number of aliphatic hydroxyl groups excluding tert-OH is 25. The van der Waals surface area contributed by atoms with Gasteiger partial charge in [-0.1, -0.05) is 0 Å². The van der Waals surface area contributed by atoms with Gasteiger partial charge >= 0.3 is 0 Å². The van der Waals surface area contributed by atoms with Crippen molar-refractivity contribution in [1.29, 1.82) is 0 Å². The summed E-state index contributed by atoms with van der Waals surface area (Å²) >= 11 is 0. The number of carbonyl (C=O) groups is 4. The lowest BCUT2D eigenvalue weighted by molar-refractivity contribution is -0.391. The Bertz CT molecular complexity index is 2970. The molecule has 0 radical (unpaired) electrons. The highest BCUT2D eigenvalue weighted by atomic mass is 16.8. The van der Waals surface area contributed by atoms with Gasteiger partial charge in [-0.2, -0.15) is 0 Å². The summed E-state index contributed by atoms with van der Waals surface area (Å²) in [7, 11) is 0. The van der Waals surface area contributed by atoms with E-state index in [1.54, 1.807) is 0 Å². The smallest absolute Gasteiger partial charge is 0.217 e. The first-order valence-corrected chi connectivity index (χ1v) is 35.6. The van der Waals surface area contributed by atoms with Crippen molar-refractivity contribution >= 4 is 23.6 Å². The van der Waals surface area contributed by atoms with Crippen LogP contribution < -0.4 is 21.3 Å². The quantitative estimate of drug-likeness (QED) is 0.0331. The van der Waals surface area contributed by atoms with E-state index in [1.807, 2.05) is 0 Å². The molecule has 9 rings (SSSR count). The first-order chi connectivity index (χ1) is 53.0. The Hall–Kier alpha value is -3.80. The van der Waals surface area contributed by atoms with Crippen molar-refractivity contribution in [2.24, 2.45) is 0 Å². The van der Waals surface area contributed by atoms with Gasteiger partial charge in [-0.05, 0) is 0 Å². The van der Waals surface area contributed by atoms with Crippen molar-refractivity contribution in [2.75, 3.05) is 59.5 Å². The number of nitrogens with one attached hydrogen (secondary N) is 4. The number of rotatable bonds is 29. The molecule has 0 aromatic carbocycles. The normalized spacial score (nSPS) is 48.9. The van der Waals surface area contributed by atoms with E-state index in [0.717, 1.165) is 27.7 Å². The van der Waals surface area contributed by atoms with Crippen LogP contribution in [0.4, 0.5) is 0 Å². The van der Waals surface area contributed by atoms with Crippen LogP contribution in [0.1, 0.15) is 27.7 Å². The molecule has 9 fully saturated rings. The average molecular weight is 1640 g/mol. The van der Waals surface area contributed by atoms with E-state index in [2.05, 4.69) is 21.3 Å². The molecule has 9 saturated heterocycles. The van der Waals surface area contributed by atoms with Crippen LogP contribution in [0.5, 0.6) is 0 Å². The molecule has 50 nitrogen and oxygen atoms in total. The fourth-order valence-electron chi connectivity index (χ4n) is 14.4. The summed E-state index contributed by atoms with van der Waals surface area (Å²) in [5, 5.41) is 285. The summed E-state index contributed by atoms with van der Waals surface area (Å²) in [5.74, 6) is -3.42.